The Balaban J connectivity index is 1.99. The van der Waals surface area contributed by atoms with Crippen LogP contribution in [-0.4, -0.2) is 14.5 Å². The molecule has 0 aliphatic rings. The van der Waals surface area contributed by atoms with Crippen molar-refractivity contribution in [3.05, 3.63) is 83.7 Å². The molecule has 0 radical (unpaired) electrons. The van der Waals surface area contributed by atoms with Crippen LogP contribution in [0, 0.1) is 22.7 Å². The van der Waals surface area contributed by atoms with Crippen LogP contribution in [0.15, 0.2) is 66.7 Å². The molecule has 0 aliphatic heterocycles. The molecule has 0 N–H and O–H groups in total. The van der Waals surface area contributed by atoms with Gasteiger partial charge >= 0.3 is 0 Å². The van der Waals surface area contributed by atoms with Crippen molar-refractivity contribution >= 4 is 11.2 Å². The van der Waals surface area contributed by atoms with Gasteiger partial charge in [-0.05, 0) is 17.2 Å². The third-order valence-electron chi connectivity index (χ3n) is 4.19. The maximum atomic E-state index is 9.30. The molecule has 0 amide bonds. The second kappa shape index (κ2) is 6.51. The highest BCUT2D eigenvalue weighted by atomic mass is 15.1. The first-order valence-electron chi connectivity index (χ1n) is 8.11. The average molecular weight is 335 g/mol. The van der Waals surface area contributed by atoms with E-state index in [4.69, 9.17) is 0 Å². The van der Waals surface area contributed by atoms with Crippen LogP contribution in [0.1, 0.15) is 17.0 Å². The number of nitrogens with zero attached hydrogens (tertiary/aromatic N) is 5. The molecule has 26 heavy (non-hydrogen) atoms. The Labute approximate surface area is 150 Å². The molecule has 0 atom stereocenters. The van der Waals surface area contributed by atoms with Gasteiger partial charge in [-0.3, -0.25) is 0 Å². The van der Waals surface area contributed by atoms with Crippen LogP contribution in [0.2, 0.25) is 0 Å². The highest BCUT2D eigenvalue weighted by molar-refractivity contribution is 5.82. The van der Waals surface area contributed by atoms with Crippen molar-refractivity contribution < 1.29 is 0 Å². The molecule has 4 aromatic rings. The van der Waals surface area contributed by atoms with E-state index in [0.29, 0.717) is 17.7 Å². The Bertz CT molecular complexity index is 1160. The molecule has 0 unspecified atom stereocenters. The summed E-state index contributed by atoms with van der Waals surface area (Å²) in [6, 6.07) is 25.8. The third-order valence-corrected chi connectivity index (χ3v) is 4.19. The van der Waals surface area contributed by atoms with Gasteiger partial charge in [-0.1, -0.05) is 60.7 Å². The lowest BCUT2D eigenvalue weighted by atomic mass is 10.1. The van der Waals surface area contributed by atoms with Crippen molar-refractivity contribution in [2.45, 2.75) is 6.54 Å². The van der Waals surface area contributed by atoms with Crippen LogP contribution < -0.4 is 0 Å². The second-order valence-electron chi connectivity index (χ2n) is 5.82. The van der Waals surface area contributed by atoms with Crippen LogP contribution in [0.4, 0.5) is 0 Å². The monoisotopic (exact) mass is 335 g/mol. The van der Waals surface area contributed by atoms with E-state index in [1.54, 1.807) is 0 Å². The molecule has 0 aliphatic carbocycles. The van der Waals surface area contributed by atoms with E-state index >= 15 is 0 Å². The van der Waals surface area contributed by atoms with Crippen molar-refractivity contribution in [1.82, 2.24) is 14.5 Å². The molecule has 4 rings (SSSR count). The lowest BCUT2D eigenvalue weighted by molar-refractivity contribution is 0.831. The Hall–Kier alpha value is -3.96. The van der Waals surface area contributed by atoms with E-state index in [1.807, 2.05) is 83.4 Å². The van der Waals surface area contributed by atoms with Gasteiger partial charge in [0.15, 0.2) is 17.0 Å². The number of benzene rings is 2. The van der Waals surface area contributed by atoms with Crippen molar-refractivity contribution in [3.8, 4) is 23.4 Å². The van der Waals surface area contributed by atoms with Crippen LogP contribution in [0.3, 0.4) is 0 Å². The summed E-state index contributed by atoms with van der Waals surface area (Å²) in [7, 11) is 0. The predicted octanol–water partition coefficient (Wildman–Crippen LogP) is 3.89. The maximum Gasteiger partial charge on any atom is 0.179 e. The van der Waals surface area contributed by atoms with Gasteiger partial charge in [0.25, 0.3) is 0 Å². The zero-order chi connectivity index (χ0) is 17.9. The molecule has 0 saturated carbocycles. The quantitative estimate of drug-likeness (QED) is 0.569. The van der Waals surface area contributed by atoms with E-state index in [9.17, 15) is 10.5 Å². The summed E-state index contributed by atoms with van der Waals surface area (Å²) < 4.78 is 2.04. The highest BCUT2D eigenvalue weighted by Gasteiger charge is 2.16. The van der Waals surface area contributed by atoms with Gasteiger partial charge in [0.2, 0.25) is 0 Å². The zero-order valence-electron chi connectivity index (χ0n) is 13.8. The summed E-state index contributed by atoms with van der Waals surface area (Å²) in [4.78, 5) is 8.77. The van der Waals surface area contributed by atoms with Crippen LogP contribution in [0.25, 0.3) is 22.4 Å². The molecule has 0 saturated heterocycles. The Morgan fingerprint density at radius 3 is 2.08 bits per heavy atom. The molecular formula is C21H13N5. The Morgan fingerprint density at radius 1 is 0.808 bits per heavy atom. The lowest BCUT2D eigenvalue weighted by Crippen LogP contribution is -2.04. The van der Waals surface area contributed by atoms with Crippen LogP contribution in [0.5, 0.6) is 0 Å². The van der Waals surface area contributed by atoms with E-state index in [1.165, 1.54) is 0 Å². The number of rotatable bonds is 3. The molecule has 0 bridgehead atoms. The standard InChI is InChI=1S/C21H13N5/c22-12-18-19(13-23)25-21-17(24-18)11-20(16-9-5-2-6-10-16)26(21)14-15-7-3-1-4-8-15/h1-11H,14H2. The van der Waals surface area contributed by atoms with Gasteiger partial charge in [0.1, 0.15) is 17.7 Å². The summed E-state index contributed by atoms with van der Waals surface area (Å²) in [6.07, 6.45) is 0. The SMILES string of the molecule is N#Cc1nc2cc(-c3ccccc3)n(Cc3ccccc3)c2nc1C#N. The van der Waals surface area contributed by atoms with Gasteiger partial charge < -0.3 is 4.57 Å². The molecule has 5 heteroatoms. The molecule has 2 aromatic carbocycles. The smallest absolute Gasteiger partial charge is 0.179 e. The van der Waals surface area contributed by atoms with Crippen LogP contribution >= 0.6 is 0 Å². The van der Waals surface area contributed by atoms with Crippen molar-refractivity contribution in [2.75, 3.05) is 0 Å². The van der Waals surface area contributed by atoms with Gasteiger partial charge in [0.05, 0.1) is 5.69 Å². The number of nitriles is 2. The fourth-order valence-electron chi connectivity index (χ4n) is 2.99. The zero-order valence-corrected chi connectivity index (χ0v) is 13.8. The van der Waals surface area contributed by atoms with E-state index in [0.717, 1.165) is 16.8 Å². The van der Waals surface area contributed by atoms with E-state index in [2.05, 4.69) is 9.97 Å². The Morgan fingerprint density at radius 2 is 1.42 bits per heavy atom. The van der Waals surface area contributed by atoms with Crippen molar-refractivity contribution in [2.24, 2.45) is 0 Å². The molecule has 5 nitrogen and oxygen atoms in total. The summed E-state index contributed by atoms with van der Waals surface area (Å²) >= 11 is 0. The number of hydrogen-bond donors (Lipinski definition) is 0. The van der Waals surface area contributed by atoms with E-state index in [-0.39, 0.29) is 11.4 Å². The Kier molecular flexibility index (Phi) is 3.89. The summed E-state index contributed by atoms with van der Waals surface area (Å²) in [5.41, 5.74) is 4.40. The second-order valence-corrected chi connectivity index (χ2v) is 5.82. The highest BCUT2D eigenvalue weighted by Crippen LogP contribution is 2.28. The average Bonchev–Trinajstić information content (AvgIpc) is 3.05. The van der Waals surface area contributed by atoms with Crippen molar-refractivity contribution in [1.29, 1.82) is 10.5 Å². The van der Waals surface area contributed by atoms with Gasteiger partial charge in [-0.2, -0.15) is 10.5 Å². The normalized spacial score (nSPS) is 10.4. The summed E-state index contributed by atoms with van der Waals surface area (Å²) in [5, 5.41) is 18.5. The fourth-order valence-corrected chi connectivity index (χ4v) is 2.99. The number of hydrogen-bond acceptors (Lipinski definition) is 4. The first-order chi connectivity index (χ1) is 12.8. The first kappa shape index (κ1) is 15.6. The molecular weight excluding hydrogens is 322 g/mol. The molecule has 122 valence electrons. The van der Waals surface area contributed by atoms with Crippen molar-refractivity contribution in [3.63, 3.8) is 0 Å². The lowest BCUT2D eigenvalue weighted by Gasteiger charge is -2.10. The number of fused-ring (bicyclic) bond motifs is 1. The summed E-state index contributed by atoms with van der Waals surface area (Å²) in [6.45, 7) is 0.597. The minimum atomic E-state index is 0.0482. The van der Waals surface area contributed by atoms with E-state index < -0.39 is 0 Å². The van der Waals surface area contributed by atoms with Gasteiger partial charge in [0, 0.05) is 6.54 Å². The molecule has 0 spiro atoms. The van der Waals surface area contributed by atoms with Gasteiger partial charge in [-0.15, -0.1) is 0 Å². The van der Waals surface area contributed by atoms with Crippen LogP contribution in [-0.2, 0) is 6.54 Å². The third kappa shape index (κ3) is 2.68. The minimum absolute atomic E-state index is 0.0482. The molecule has 2 heterocycles. The predicted molar refractivity (Wildman–Crippen MR) is 97.9 cm³/mol. The fraction of sp³-hybridized carbons (Fsp3) is 0.0476. The largest absolute Gasteiger partial charge is 0.319 e. The topological polar surface area (TPSA) is 78.3 Å². The maximum absolute atomic E-state index is 9.30. The summed E-state index contributed by atoms with van der Waals surface area (Å²) in [5.74, 6) is 0. The van der Waals surface area contributed by atoms with Gasteiger partial charge in [-0.25, -0.2) is 9.97 Å². The molecule has 0 fully saturated rings. The minimum Gasteiger partial charge on any atom is -0.319 e. The molecule has 2 aromatic heterocycles. The first-order valence-corrected chi connectivity index (χ1v) is 8.11. The number of aromatic nitrogens is 3.